The molecule has 0 amide bonds. The smallest absolute Gasteiger partial charge is 0.418 e. The fraction of sp³-hybridized carbons (Fsp3) is 0.455. The van der Waals surface area contributed by atoms with E-state index in [4.69, 9.17) is 9.47 Å². The molecule has 0 unspecified atom stereocenters. The van der Waals surface area contributed by atoms with Gasteiger partial charge < -0.3 is 25.1 Å². The molecule has 1 aliphatic rings. The van der Waals surface area contributed by atoms with E-state index in [1.54, 1.807) is 0 Å². The lowest BCUT2D eigenvalue weighted by Crippen LogP contribution is -2.40. The van der Waals surface area contributed by atoms with Gasteiger partial charge in [0.05, 0.1) is 41.9 Å². The van der Waals surface area contributed by atoms with E-state index in [1.165, 1.54) is 29.6 Å². The Morgan fingerprint density at radius 3 is 2.64 bits per heavy atom. The van der Waals surface area contributed by atoms with E-state index in [9.17, 15) is 21.6 Å². The summed E-state index contributed by atoms with van der Waals surface area (Å²) in [5.41, 5.74) is -0.512. The maximum atomic E-state index is 13.5. The van der Waals surface area contributed by atoms with E-state index in [2.05, 4.69) is 25.6 Å². The van der Waals surface area contributed by atoms with Gasteiger partial charge in [-0.3, -0.25) is 0 Å². The summed E-state index contributed by atoms with van der Waals surface area (Å²) in [6.07, 6.45) is -2.13. The van der Waals surface area contributed by atoms with Gasteiger partial charge in [-0.15, -0.1) is 0 Å². The van der Waals surface area contributed by atoms with Crippen LogP contribution >= 0.6 is 0 Å². The average molecular weight is 529 g/mol. The fourth-order valence-electron chi connectivity index (χ4n) is 3.82. The Hall–Kier alpha value is -3.10. The van der Waals surface area contributed by atoms with Crippen LogP contribution in [0.15, 0.2) is 29.3 Å². The van der Waals surface area contributed by atoms with Gasteiger partial charge in [-0.1, -0.05) is 13.3 Å². The first-order chi connectivity index (χ1) is 17.1. The third-order valence-electron chi connectivity index (χ3n) is 5.69. The molecule has 0 saturated carbocycles. The summed E-state index contributed by atoms with van der Waals surface area (Å²) in [6.45, 7) is 3.54. The van der Waals surface area contributed by atoms with Gasteiger partial charge in [0.1, 0.15) is 17.2 Å². The Morgan fingerprint density at radius 1 is 1.22 bits per heavy atom. The van der Waals surface area contributed by atoms with Gasteiger partial charge in [-0.05, 0) is 18.6 Å². The highest BCUT2D eigenvalue weighted by molar-refractivity contribution is 7.89. The van der Waals surface area contributed by atoms with Crippen molar-refractivity contribution in [2.45, 2.75) is 30.8 Å². The lowest BCUT2D eigenvalue weighted by atomic mass is 10.2. The molecule has 1 fully saturated rings. The molecule has 0 radical (unpaired) electrons. The number of unbranched alkanes of at least 4 members (excludes halogenated alkanes) is 1. The van der Waals surface area contributed by atoms with E-state index in [1.807, 2.05) is 6.92 Å². The lowest BCUT2D eigenvalue weighted by Gasteiger charge is -2.26. The minimum Gasteiger partial charge on any atom is -0.495 e. The molecule has 0 spiro atoms. The number of H-pyrrole nitrogens is 1. The van der Waals surface area contributed by atoms with Gasteiger partial charge in [0, 0.05) is 31.9 Å². The molecule has 3 N–H and O–H groups in total. The molecule has 1 saturated heterocycles. The van der Waals surface area contributed by atoms with Gasteiger partial charge in [0.15, 0.2) is 0 Å². The van der Waals surface area contributed by atoms with Gasteiger partial charge in [0.25, 0.3) is 0 Å². The largest absolute Gasteiger partial charge is 0.495 e. The van der Waals surface area contributed by atoms with Crippen LogP contribution in [0.3, 0.4) is 0 Å². The standard InChI is InChI=1S/C22H27F3N6O4S/c1-3-4-7-26-19-18-15(22(23,24)25)13-27-20(18)30-21(29-19)28-16-6-5-14(12-17(16)34-2)36(32,33)31-8-10-35-11-9-31/h5-6,12-13H,3-4,7-11H2,1-2H3,(H3,26,27,28,29,30). The van der Waals surface area contributed by atoms with Crippen molar-refractivity contribution >= 4 is 38.5 Å². The molecule has 2 aromatic heterocycles. The minimum atomic E-state index is -4.58. The fourth-order valence-corrected chi connectivity index (χ4v) is 5.24. The number of sulfonamides is 1. The maximum Gasteiger partial charge on any atom is 0.418 e. The average Bonchev–Trinajstić information content (AvgIpc) is 3.30. The number of fused-ring (bicyclic) bond motifs is 1. The topological polar surface area (TPSA) is 121 Å². The molecule has 3 heterocycles. The van der Waals surface area contributed by atoms with E-state index in [-0.39, 0.29) is 46.5 Å². The van der Waals surface area contributed by atoms with E-state index in [0.717, 1.165) is 19.0 Å². The highest BCUT2D eigenvalue weighted by Crippen LogP contribution is 2.38. The van der Waals surface area contributed by atoms with Crippen LogP contribution in [0.25, 0.3) is 11.0 Å². The minimum absolute atomic E-state index is 0.00399. The van der Waals surface area contributed by atoms with Crippen LogP contribution in [0.5, 0.6) is 5.75 Å². The highest BCUT2D eigenvalue weighted by Gasteiger charge is 2.35. The highest BCUT2D eigenvalue weighted by atomic mass is 32.2. The molecule has 0 atom stereocenters. The second-order valence-corrected chi connectivity index (χ2v) is 10.0. The maximum absolute atomic E-state index is 13.5. The predicted octanol–water partition coefficient (Wildman–Crippen LogP) is 3.96. The normalized spacial score (nSPS) is 15.2. The summed E-state index contributed by atoms with van der Waals surface area (Å²) in [6, 6.07) is 4.30. The molecule has 0 bridgehead atoms. The number of aromatic nitrogens is 3. The number of halogens is 3. The first kappa shape index (κ1) is 26.0. The molecular weight excluding hydrogens is 501 g/mol. The molecule has 0 aliphatic carbocycles. The number of rotatable bonds is 9. The number of hydrogen-bond donors (Lipinski definition) is 3. The van der Waals surface area contributed by atoms with Crippen molar-refractivity contribution in [3.05, 3.63) is 30.0 Å². The monoisotopic (exact) mass is 528 g/mol. The number of benzene rings is 1. The number of ether oxygens (including phenoxy) is 2. The molecular formula is C22H27F3N6O4S. The molecule has 1 aliphatic heterocycles. The molecule has 4 rings (SSSR count). The van der Waals surface area contributed by atoms with Crippen molar-refractivity contribution in [3.63, 3.8) is 0 Å². The summed E-state index contributed by atoms with van der Waals surface area (Å²) in [7, 11) is -2.37. The van der Waals surface area contributed by atoms with Crippen LogP contribution in [0.1, 0.15) is 25.3 Å². The van der Waals surface area contributed by atoms with Gasteiger partial charge in [-0.25, -0.2) is 8.42 Å². The van der Waals surface area contributed by atoms with Crippen LogP contribution in [0.4, 0.5) is 30.6 Å². The van der Waals surface area contributed by atoms with Crippen molar-refractivity contribution in [3.8, 4) is 5.75 Å². The summed E-state index contributed by atoms with van der Waals surface area (Å²) < 4.78 is 78.6. The number of morpholine rings is 1. The number of alkyl halides is 3. The molecule has 196 valence electrons. The Labute approximate surface area is 206 Å². The SMILES string of the molecule is CCCCNc1nc(Nc2ccc(S(=O)(=O)N3CCOCC3)cc2OC)nc2[nH]cc(C(F)(F)F)c12. The molecule has 14 heteroatoms. The predicted molar refractivity (Wildman–Crippen MR) is 128 cm³/mol. The van der Waals surface area contributed by atoms with E-state index >= 15 is 0 Å². The summed E-state index contributed by atoms with van der Waals surface area (Å²) in [5.74, 6) is 0.255. The van der Waals surface area contributed by atoms with Crippen molar-refractivity contribution in [2.75, 3.05) is 50.6 Å². The summed E-state index contributed by atoms with van der Waals surface area (Å²) in [4.78, 5) is 11.1. The quantitative estimate of drug-likeness (QED) is 0.357. The molecule has 1 aromatic carbocycles. The van der Waals surface area contributed by atoms with Crippen LogP contribution < -0.4 is 15.4 Å². The second kappa shape index (κ2) is 10.5. The van der Waals surface area contributed by atoms with Gasteiger partial charge in [0.2, 0.25) is 16.0 Å². The van der Waals surface area contributed by atoms with E-state index < -0.39 is 21.8 Å². The van der Waals surface area contributed by atoms with Crippen molar-refractivity contribution in [1.82, 2.24) is 19.3 Å². The van der Waals surface area contributed by atoms with Crippen molar-refractivity contribution in [1.29, 1.82) is 0 Å². The summed E-state index contributed by atoms with van der Waals surface area (Å²) >= 11 is 0. The van der Waals surface area contributed by atoms with Crippen molar-refractivity contribution in [2.24, 2.45) is 0 Å². The van der Waals surface area contributed by atoms with Crippen LogP contribution in [0, 0.1) is 0 Å². The first-order valence-corrected chi connectivity index (χ1v) is 12.8. The Kier molecular flexibility index (Phi) is 7.57. The molecule has 3 aromatic rings. The number of nitrogens with zero attached hydrogens (tertiary/aromatic N) is 3. The van der Waals surface area contributed by atoms with Crippen LogP contribution in [0.2, 0.25) is 0 Å². The Bertz CT molecular complexity index is 1320. The number of methoxy groups -OCH3 is 1. The zero-order valence-electron chi connectivity index (χ0n) is 19.8. The number of anilines is 3. The number of nitrogens with one attached hydrogen (secondary N) is 3. The molecule has 10 nitrogen and oxygen atoms in total. The van der Waals surface area contributed by atoms with Crippen LogP contribution in [-0.2, 0) is 20.9 Å². The summed E-state index contributed by atoms with van der Waals surface area (Å²) in [5, 5.41) is 5.76. The zero-order chi connectivity index (χ0) is 25.9. The first-order valence-electron chi connectivity index (χ1n) is 11.4. The third-order valence-corrected chi connectivity index (χ3v) is 7.58. The Morgan fingerprint density at radius 2 is 1.97 bits per heavy atom. The lowest BCUT2D eigenvalue weighted by molar-refractivity contribution is -0.136. The Balaban J connectivity index is 1.68. The van der Waals surface area contributed by atoms with Gasteiger partial charge in [-0.2, -0.15) is 27.4 Å². The number of hydrogen-bond acceptors (Lipinski definition) is 8. The number of aromatic amines is 1. The van der Waals surface area contributed by atoms with Crippen LogP contribution in [-0.4, -0.2) is 67.6 Å². The third kappa shape index (κ3) is 5.34. The van der Waals surface area contributed by atoms with Gasteiger partial charge >= 0.3 is 6.18 Å². The van der Waals surface area contributed by atoms with E-state index in [0.29, 0.717) is 25.4 Å². The second-order valence-electron chi connectivity index (χ2n) is 8.10. The van der Waals surface area contributed by atoms with Crippen molar-refractivity contribution < 1.29 is 31.1 Å². The zero-order valence-corrected chi connectivity index (χ0v) is 20.6. The molecule has 36 heavy (non-hydrogen) atoms.